The third kappa shape index (κ3) is 3.64. The SMILES string of the molecule is O=S(=O)(OO)O[O][Hf]. The van der Waals surface area contributed by atoms with E-state index in [1.54, 1.807) is 0 Å². The molecule has 0 saturated carbocycles. The van der Waals surface area contributed by atoms with Crippen LogP contribution >= 0.6 is 0 Å². The Morgan fingerprint density at radius 2 is 2.00 bits per heavy atom. The Labute approximate surface area is 60.7 Å². The molecule has 0 heterocycles. The van der Waals surface area contributed by atoms with Gasteiger partial charge in [-0.1, -0.05) is 0 Å². The normalized spacial score (nSPS) is 11.5. The molecule has 0 spiro atoms. The molecule has 1 N–H and O–H groups in total. The molecule has 47 valence electrons. The molecule has 6 nitrogen and oxygen atoms in total. The summed E-state index contributed by atoms with van der Waals surface area (Å²) in [5, 5.41) is 7.45. The predicted molar refractivity (Wildman–Crippen MR) is 14.8 cm³/mol. The van der Waals surface area contributed by atoms with Gasteiger partial charge in [-0.2, -0.15) is 0 Å². The minimum atomic E-state index is -4.30. The molecule has 0 aromatic rings. The van der Waals surface area contributed by atoms with Crippen molar-refractivity contribution in [3.8, 4) is 0 Å². The van der Waals surface area contributed by atoms with Gasteiger partial charge in [-0.15, -0.1) is 0 Å². The molecule has 8 heavy (non-hydrogen) atoms. The van der Waals surface area contributed by atoms with Crippen LogP contribution in [0.25, 0.3) is 0 Å². The van der Waals surface area contributed by atoms with Gasteiger partial charge >= 0.3 is 60.6 Å². The van der Waals surface area contributed by atoms with E-state index in [0.717, 1.165) is 0 Å². The zero-order valence-electron chi connectivity index (χ0n) is 3.40. The molecule has 0 unspecified atom stereocenters. The summed E-state index contributed by atoms with van der Waals surface area (Å²) >= 11 is 0.0819. The van der Waals surface area contributed by atoms with E-state index in [4.69, 9.17) is 5.26 Å². The van der Waals surface area contributed by atoms with Crippen LogP contribution in [0.4, 0.5) is 0 Å². The summed E-state index contributed by atoms with van der Waals surface area (Å²) in [7, 11) is -4.30. The molecule has 0 amide bonds. The maximum atomic E-state index is 9.80. The monoisotopic (exact) mass is 309 g/mol. The van der Waals surface area contributed by atoms with Crippen LogP contribution in [-0.4, -0.2) is 13.7 Å². The molecule has 0 atom stereocenters. The van der Waals surface area contributed by atoms with Crippen molar-refractivity contribution in [2.45, 2.75) is 0 Å². The number of hydrogen-bond acceptors (Lipinski definition) is 6. The van der Waals surface area contributed by atoms with E-state index in [1.807, 2.05) is 0 Å². The molecule has 0 aromatic heterocycles. The van der Waals surface area contributed by atoms with E-state index in [2.05, 4.69) is 11.7 Å². The third-order valence-corrected chi connectivity index (χ3v) is 1.36. The fourth-order valence-electron chi connectivity index (χ4n) is 0.0541. The van der Waals surface area contributed by atoms with Crippen molar-refractivity contribution in [2.75, 3.05) is 0 Å². The summed E-state index contributed by atoms with van der Waals surface area (Å²) in [6.45, 7) is 0. The average molecular weight is 308 g/mol. The van der Waals surface area contributed by atoms with E-state index in [0.29, 0.717) is 0 Å². The number of rotatable bonds is 3. The van der Waals surface area contributed by atoms with E-state index < -0.39 is 10.4 Å². The van der Waals surface area contributed by atoms with Gasteiger partial charge in [0, 0.05) is 0 Å². The first-order chi connectivity index (χ1) is 3.62. The van der Waals surface area contributed by atoms with Gasteiger partial charge in [0.25, 0.3) is 0 Å². The quantitative estimate of drug-likeness (QED) is 0.415. The first-order valence-electron chi connectivity index (χ1n) is 1.22. The Morgan fingerprint density at radius 3 is 2.12 bits per heavy atom. The van der Waals surface area contributed by atoms with E-state index >= 15 is 0 Å². The summed E-state index contributed by atoms with van der Waals surface area (Å²) in [6.07, 6.45) is 0. The molecule has 0 radical (unpaired) electrons. The molecule has 0 aliphatic carbocycles. The summed E-state index contributed by atoms with van der Waals surface area (Å²) in [6, 6.07) is 0. The molecule has 0 aromatic carbocycles. The Bertz CT molecular complexity index is 133. The van der Waals surface area contributed by atoms with Gasteiger partial charge in [0.05, 0.1) is 0 Å². The second kappa shape index (κ2) is 3.64. The Hall–Kier alpha value is 0.660. The topological polar surface area (TPSA) is 82.1 Å². The van der Waals surface area contributed by atoms with Crippen molar-refractivity contribution in [1.29, 1.82) is 0 Å². The summed E-state index contributed by atoms with van der Waals surface area (Å²) in [5.74, 6) is 0. The van der Waals surface area contributed by atoms with E-state index in [1.165, 1.54) is 0 Å². The predicted octanol–water partition coefficient (Wildman–Crippen LogP) is -0.869. The second-order valence-electron chi connectivity index (χ2n) is 0.634. The van der Waals surface area contributed by atoms with Gasteiger partial charge in [-0.25, -0.2) is 0 Å². The molecular formula is HHfO6S. The van der Waals surface area contributed by atoms with Gasteiger partial charge in [-0.3, -0.25) is 0 Å². The van der Waals surface area contributed by atoms with Gasteiger partial charge in [0.1, 0.15) is 0 Å². The van der Waals surface area contributed by atoms with Crippen LogP contribution < -0.4 is 0 Å². The van der Waals surface area contributed by atoms with Gasteiger partial charge < -0.3 is 0 Å². The van der Waals surface area contributed by atoms with Crippen LogP contribution in [0.5, 0.6) is 0 Å². The van der Waals surface area contributed by atoms with E-state index in [9.17, 15) is 8.42 Å². The van der Waals surface area contributed by atoms with Crippen LogP contribution in [0.1, 0.15) is 0 Å². The van der Waals surface area contributed by atoms with E-state index in [-0.39, 0.29) is 24.8 Å². The first kappa shape index (κ1) is 8.66. The molecule has 8 heteroatoms. The molecule has 0 bridgehead atoms. The maximum absolute atomic E-state index is 9.80. The molecule has 0 rings (SSSR count). The van der Waals surface area contributed by atoms with Crippen molar-refractivity contribution in [3.05, 3.63) is 0 Å². The van der Waals surface area contributed by atoms with Crippen molar-refractivity contribution in [1.82, 2.24) is 0 Å². The molecular weight excluding hydrogens is 307 g/mol. The van der Waals surface area contributed by atoms with Crippen LogP contribution in [0.2, 0.25) is 0 Å². The standard InChI is InChI=1S/Hf.H2O6S/c;1-5-7(3,4)6-2/h;1-2H/q+1;/p-1. The van der Waals surface area contributed by atoms with Crippen molar-refractivity contribution in [2.24, 2.45) is 0 Å². The van der Waals surface area contributed by atoms with Crippen LogP contribution in [-0.2, 0) is 46.9 Å². The van der Waals surface area contributed by atoms with Crippen LogP contribution in [0.15, 0.2) is 0 Å². The fraction of sp³-hybridized carbons (Fsp3) is 0. The second-order valence-corrected chi connectivity index (χ2v) is 2.33. The zero-order chi connectivity index (χ0) is 6.62. The van der Waals surface area contributed by atoms with Crippen molar-refractivity contribution < 1.29 is 50.2 Å². The van der Waals surface area contributed by atoms with Gasteiger partial charge in [0.2, 0.25) is 0 Å². The molecule has 0 fully saturated rings. The summed E-state index contributed by atoms with van der Waals surface area (Å²) < 4.78 is 29.6. The Balaban J connectivity index is 3.76. The third-order valence-electron chi connectivity index (χ3n) is 0.209. The first-order valence-corrected chi connectivity index (χ1v) is 4.02. The van der Waals surface area contributed by atoms with Crippen molar-refractivity contribution >= 4 is 10.4 Å². The fourth-order valence-corrected chi connectivity index (χ4v) is 1.06. The Morgan fingerprint density at radius 1 is 1.50 bits per heavy atom. The molecule has 0 saturated heterocycles. The van der Waals surface area contributed by atoms with Crippen molar-refractivity contribution in [3.63, 3.8) is 0 Å². The van der Waals surface area contributed by atoms with Gasteiger partial charge in [-0.05, 0) is 0 Å². The zero-order valence-corrected chi connectivity index (χ0v) is 7.81. The van der Waals surface area contributed by atoms with Crippen LogP contribution in [0.3, 0.4) is 0 Å². The number of hydrogen-bond donors (Lipinski definition) is 1. The summed E-state index contributed by atoms with van der Waals surface area (Å²) in [5.41, 5.74) is 0. The van der Waals surface area contributed by atoms with Gasteiger partial charge in [0.15, 0.2) is 0 Å². The van der Waals surface area contributed by atoms with Crippen LogP contribution in [0, 0.1) is 0 Å². The molecule has 0 aliphatic heterocycles. The summed E-state index contributed by atoms with van der Waals surface area (Å²) in [4.78, 5) is 0. The minimum absolute atomic E-state index is 0.0819. The Kier molecular flexibility index (Phi) is 3.94. The average Bonchev–Trinajstić information content (AvgIpc) is 1.67. The molecule has 0 aliphatic rings.